The van der Waals surface area contributed by atoms with Crippen LogP contribution in [-0.2, 0) is 4.74 Å². The Morgan fingerprint density at radius 2 is 2.24 bits per heavy atom. The van der Waals surface area contributed by atoms with Crippen LogP contribution in [0.2, 0.25) is 0 Å². The minimum absolute atomic E-state index is 0.0891. The molecule has 5 nitrogen and oxygen atoms in total. The number of ether oxygens (including phenoxy) is 1. The third kappa shape index (κ3) is 2.49. The average molecular weight is 292 g/mol. The Morgan fingerprint density at radius 3 is 2.86 bits per heavy atom. The van der Waals surface area contributed by atoms with E-state index < -0.39 is 0 Å². The second-order valence-corrected chi connectivity index (χ2v) is 6.82. The molecule has 3 heterocycles. The minimum Gasteiger partial charge on any atom is -0.466 e. The molecular weight excluding hydrogens is 268 g/mol. The van der Waals surface area contributed by atoms with E-state index in [0.29, 0.717) is 17.2 Å². The van der Waals surface area contributed by atoms with Gasteiger partial charge >= 0.3 is 0 Å². The minimum atomic E-state index is 0.0891. The fourth-order valence-corrected chi connectivity index (χ4v) is 3.85. The number of hydrogen-bond donors (Lipinski definition) is 0. The van der Waals surface area contributed by atoms with Crippen molar-refractivity contribution < 1.29 is 13.9 Å². The second-order valence-electron chi connectivity index (χ2n) is 6.82. The first-order valence-corrected chi connectivity index (χ1v) is 7.50. The lowest BCUT2D eigenvalue weighted by atomic mass is 9.81. The Hall–Kier alpha value is -1.33. The lowest BCUT2D eigenvalue weighted by Crippen LogP contribution is -2.41. The predicted molar refractivity (Wildman–Crippen MR) is 79.4 cm³/mol. The summed E-state index contributed by atoms with van der Waals surface area (Å²) in [6.07, 6.45) is 0. The van der Waals surface area contributed by atoms with E-state index in [1.54, 1.807) is 0 Å². The summed E-state index contributed by atoms with van der Waals surface area (Å²) in [7, 11) is 4.16. The standard InChI is InChI=1S/C16H24N2O3/c1-11-5-14(12(2)21-11)15(19)18-6-13-7-20-10-16(13,9-18)8-17(3)4/h5,13H,6-10H2,1-4H3/t13-,16+/m1/s1. The van der Waals surface area contributed by atoms with Gasteiger partial charge in [-0.15, -0.1) is 0 Å². The average Bonchev–Trinajstić information content (AvgIpc) is 2.99. The molecule has 2 saturated heterocycles. The molecule has 116 valence electrons. The Morgan fingerprint density at radius 1 is 1.48 bits per heavy atom. The molecule has 2 atom stereocenters. The predicted octanol–water partition coefficient (Wildman–Crippen LogP) is 1.55. The summed E-state index contributed by atoms with van der Waals surface area (Å²) in [6, 6.07) is 1.85. The van der Waals surface area contributed by atoms with E-state index in [1.807, 2.05) is 24.8 Å². The Balaban J connectivity index is 1.80. The van der Waals surface area contributed by atoms with Gasteiger partial charge in [-0.25, -0.2) is 0 Å². The maximum atomic E-state index is 12.8. The summed E-state index contributed by atoms with van der Waals surface area (Å²) in [4.78, 5) is 16.9. The number of furan rings is 1. The van der Waals surface area contributed by atoms with Crippen LogP contribution in [0.15, 0.2) is 10.5 Å². The summed E-state index contributed by atoms with van der Waals surface area (Å²) in [5.74, 6) is 2.04. The lowest BCUT2D eigenvalue weighted by molar-refractivity contribution is 0.0695. The molecule has 0 N–H and O–H groups in total. The van der Waals surface area contributed by atoms with Crippen molar-refractivity contribution in [1.82, 2.24) is 9.80 Å². The van der Waals surface area contributed by atoms with Gasteiger partial charge in [0.2, 0.25) is 0 Å². The van der Waals surface area contributed by atoms with Gasteiger partial charge in [-0.2, -0.15) is 0 Å². The van der Waals surface area contributed by atoms with Crippen molar-refractivity contribution in [2.24, 2.45) is 11.3 Å². The van der Waals surface area contributed by atoms with Crippen LogP contribution in [0.4, 0.5) is 0 Å². The second kappa shape index (κ2) is 5.14. The summed E-state index contributed by atoms with van der Waals surface area (Å²) in [5.41, 5.74) is 0.791. The van der Waals surface area contributed by atoms with Crippen LogP contribution in [0.3, 0.4) is 0 Å². The zero-order valence-electron chi connectivity index (χ0n) is 13.3. The fraction of sp³-hybridized carbons (Fsp3) is 0.688. The number of aryl methyl sites for hydroxylation is 2. The molecule has 0 aromatic carbocycles. The van der Waals surface area contributed by atoms with Crippen LogP contribution < -0.4 is 0 Å². The highest BCUT2D eigenvalue weighted by Gasteiger charge is 2.52. The van der Waals surface area contributed by atoms with Crippen molar-refractivity contribution in [3.63, 3.8) is 0 Å². The molecule has 0 aliphatic carbocycles. The van der Waals surface area contributed by atoms with Gasteiger partial charge in [0.05, 0.1) is 18.8 Å². The van der Waals surface area contributed by atoms with E-state index in [0.717, 1.165) is 38.6 Å². The van der Waals surface area contributed by atoms with Crippen molar-refractivity contribution >= 4 is 5.91 Å². The number of fused-ring (bicyclic) bond motifs is 1. The van der Waals surface area contributed by atoms with Crippen molar-refractivity contribution in [2.75, 3.05) is 46.9 Å². The van der Waals surface area contributed by atoms with Gasteiger partial charge < -0.3 is 19.0 Å². The van der Waals surface area contributed by atoms with Crippen molar-refractivity contribution in [3.05, 3.63) is 23.2 Å². The van der Waals surface area contributed by atoms with Crippen LogP contribution in [0.5, 0.6) is 0 Å². The smallest absolute Gasteiger partial charge is 0.257 e. The fourth-order valence-electron chi connectivity index (χ4n) is 3.85. The molecule has 2 aliphatic rings. The molecule has 0 spiro atoms. The molecule has 0 bridgehead atoms. The molecule has 2 aliphatic heterocycles. The molecule has 0 unspecified atom stereocenters. The number of hydrogen-bond acceptors (Lipinski definition) is 4. The zero-order chi connectivity index (χ0) is 15.2. The van der Waals surface area contributed by atoms with Gasteiger partial charge in [0.15, 0.2) is 0 Å². The third-order valence-electron chi connectivity index (χ3n) is 4.71. The highest BCUT2D eigenvalue weighted by atomic mass is 16.5. The van der Waals surface area contributed by atoms with Gasteiger partial charge in [0.25, 0.3) is 5.91 Å². The molecule has 0 saturated carbocycles. The van der Waals surface area contributed by atoms with E-state index in [4.69, 9.17) is 9.15 Å². The van der Waals surface area contributed by atoms with Crippen molar-refractivity contribution in [2.45, 2.75) is 13.8 Å². The SMILES string of the molecule is Cc1cc(C(=O)N2C[C@@H]3COC[C@]3(CN(C)C)C2)c(C)o1. The maximum Gasteiger partial charge on any atom is 0.257 e. The quantitative estimate of drug-likeness (QED) is 0.848. The van der Waals surface area contributed by atoms with Gasteiger partial charge in [-0.05, 0) is 34.0 Å². The Bertz CT molecular complexity index is 552. The largest absolute Gasteiger partial charge is 0.466 e. The van der Waals surface area contributed by atoms with E-state index in [1.165, 1.54) is 0 Å². The first-order valence-electron chi connectivity index (χ1n) is 7.50. The van der Waals surface area contributed by atoms with Crippen LogP contribution >= 0.6 is 0 Å². The first-order chi connectivity index (χ1) is 9.91. The van der Waals surface area contributed by atoms with E-state index >= 15 is 0 Å². The summed E-state index contributed by atoms with van der Waals surface area (Å²) >= 11 is 0. The van der Waals surface area contributed by atoms with Gasteiger partial charge in [0, 0.05) is 31.0 Å². The number of likely N-dealkylation sites (tertiary alicyclic amines) is 1. The van der Waals surface area contributed by atoms with E-state index in [-0.39, 0.29) is 11.3 Å². The number of carbonyl (C=O) groups excluding carboxylic acids is 1. The van der Waals surface area contributed by atoms with Crippen LogP contribution in [0, 0.1) is 25.2 Å². The molecule has 21 heavy (non-hydrogen) atoms. The van der Waals surface area contributed by atoms with Crippen LogP contribution in [-0.4, -0.2) is 62.7 Å². The summed E-state index contributed by atoms with van der Waals surface area (Å²) < 4.78 is 11.2. The van der Waals surface area contributed by atoms with E-state index in [9.17, 15) is 4.79 Å². The molecule has 0 radical (unpaired) electrons. The molecule has 5 heteroatoms. The zero-order valence-corrected chi connectivity index (χ0v) is 13.3. The van der Waals surface area contributed by atoms with Crippen LogP contribution in [0.1, 0.15) is 21.9 Å². The van der Waals surface area contributed by atoms with Gasteiger partial charge in [-0.1, -0.05) is 0 Å². The Labute approximate surface area is 125 Å². The molecule has 1 amide bonds. The Kier molecular flexibility index (Phi) is 3.58. The summed E-state index contributed by atoms with van der Waals surface area (Å²) in [6.45, 7) is 7.78. The van der Waals surface area contributed by atoms with Gasteiger partial charge in [0.1, 0.15) is 11.5 Å². The summed E-state index contributed by atoms with van der Waals surface area (Å²) in [5, 5.41) is 0. The number of carbonyl (C=O) groups is 1. The highest BCUT2D eigenvalue weighted by Crippen LogP contribution is 2.42. The maximum absolute atomic E-state index is 12.8. The first kappa shape index (κ1) is 14.6. The molecule has 3 rings (SSSR count). The monoisotopic (exact) mass is 292 g/mol. The molecular formula is C16H24N2O3. The van der Waals surface area contributed by atoms with Gasteiger partial charge in [-0.3, -0.25) is 4.79 Å². The van der Waals surface area contributed by atoms with E-state index in [2.05, 4.69) is 19.0 Å². The van der Waals surface area contributed by atoms with Crippen LogP contribution in [0.25, 0.3) is 0 Å². The third-order valence-corrected chi connectivity index (χ3v) is 4.71. The highest BCUT2D eigenvalue weighted by molar-refractivity contribution is 5.95. The topological polar surface area (TPSA) is 45.9 Å². The molecule has 1 aromatic heterocycles. The molecule has 1 aromatic rings. The molecule has 2 fully saturated rings. The number of nitrogens with zero attached hydrogens (tertiary/aromatic N) is 2. The normalized spacial score (nSPS) is 28.4. The van der Waals surface area contributed by atoms with Crippen molar-refractivity contribution in [3.8, 4) is 0 Å². The number of amides is 1. The number of rotatable bonds is 3. The van der Waals surface area contributed by atoms with Crippen molar-refractivity contribution in [1.29, 1.82) is 0 Å². The lowest BCUT2D eigenvalue weighted by Gasteiger charge is -2.30.